The molecule has 0 unspecified atom stereocenters. The zero-order valence-electron chi connectivity index (χ0n) is 13.3. The maximum atomic E-state index is 11.9. The zero-order valence-corrected chi connectivity index (χ0v) is 13.3. The van der Waals surface area contributed by atoms with Gasteiger partial charge >= 0.3 is 12.0 Å². The number of aliphatic carboxylic acids is 1. The smallest absolute Gasteiger partial charge is 0.329 e. The van der Waals surface area contributed by atoms with Crippen LogP contribution < -0.4 is 10.6 Å². The Balaban J connectivity index is 2.44. The molecule has 1 rings (SSSR count). The number of nitrogens with one attached hydrogen (secondary N) is 2. The summed E-state index contributed by atoms with van der Waals surface area (Å²) in [5.74, 6) is -0.939. The first-order valence-electron chi connectivity index (χ1n) is 7.69. The van der Waals surface area contributed by atoms with Crippen molar-refractivity contribution < 1.29 is 19.4 Å². The monoisotopic (exact) mass is 300 g/mol. The fourth-order valence-corrected chi connectivity index (χ4v) is 2.51. The number of carbonyl (C=O) groups is 2. The lowest BCUT2D eigenvalue weighted by molar-refractivity contribution is -0.145. The van der Waals surface area contributed by atoms with E-state index in [0.717, 1.165) is 25.7 Å². The van der Waals surface area contributed by atoms with Gasteiger partial charge in [0.1, 0.15) is 5.54 Å². The molecule has 2 amide bonds. The van der Waals surface area contributed by atoms with Gasteiger partial charge in [-0.2, -0.15) is 0 Å². The number of hydrogen-bond donors (Lipinski definition) is 3. The van der Waals surface area contributed by atoms with Crippen molar-refractivity contribution in [3.8, 4) is 0 Å². The van der Waals surface area contributed by atoms with Crippen LogP contribution in [0.4, 0.5) is 4.79 Å². The van der Waals surface area contributed by atoms with E-state index in [1.54, 1.807) is 0 Å². The Morgan fingerprint density at radius 2 is 1.71 bits per heavy atom. The van der Waals surface area contributed by atoms with Crippen molar-refractivity contribution in [1.29, 1.82) is 0 Å². The Morgan fingerprint density at radius 1 is 1.14 bits per heavy atom. The van der Waals surface area contributed by atoms with E-state index < -0.39 is 17.5 Å². The van der Waals surface area contributed by atoms with Gasteiger partial charge < -0.3 is 20.5 Å². The topological polar surface area (TPSA) is 87.7 Å². The van der Waals surface area contributed by atoms with Gasteiger partial charge in [-0.25, -0.2) is 9.59 Å². The Hall–Kier alpha value is -1.30. The van der Waals surface area contributed by atoms with Crippen molar-refractivity contribution in [2.45, 2.75) is 70.4 Å². The Morgan fingerprint density at radius 3 is 2.19 bits per heavy atom. The van der Waals surface area contributed by atoms with Crippen molar-refractivity contribution >= 4 is 12.0 Å². The molecular weight excluding hydrogens is 272 g/mol. The van der Waals surface area contributed by atoms with Gasteiger partial charge in [0.05, 0.1) is 12.2 Å². The molecule has 0 heterocycles. The third kappa shape index (κ3) is 6.33. The minimum Gasteiger partial charge on any atom is -0.480 e. The van der Waals surface area contributed by atoms with E-state index in [4.69, 9.17) is 4.74 Å². The summed E-state index contributed by atoms with van der Waals surface area (Å²) in [5, 5.41) is 14.8. The molecule has 3 N–H and O–H groups in total. The number of hydrogen-bond acceptors (Lipinski definition) is 3. The van der Waals surface area contributed by atoms with Crippen molar-refractivity contribution in [3.05, 3.63) is 0 Å². The molecule has 21 heavy (non-hydrogen) atoms. The molecule has 1 aliphatic rings. The molecule has 0 aromatic heterocycles. The van der Waals surface area contributed by atoms with E-state index in [-0.39, 0.29) is 5.60 Å². The van der Waals surface area contributed by atoms with Crippen LogP contribution >= 0.6 is 0 Å². The molecule has 0 saturated heterocycles. The standard InChI is InChI=1S/C15H28N2O4/c1-14(2,3)21-11-10-16-13(20)17-15(12(18)19)8-6-4-5-7-9-15/h4-11H2,1-3H3,(H,18,19)(H2,16,17,20). The van der Waals surface area contributed by atoms with Crippen LogP contribution in [0.5, 0.6) is 0 Å². The van der Waals surface area contributed by atoms with Crippen LogP contribution in [0.15, 0.2) is 0 Å². The highest BCUT2D eigenvalue weighted by atomic mass is 16.5. The maximum absolute atomic E-state index is 11.9. The Bertz CT molecular complexity index is 355. The van der Waals surface area contributed by atoms with E-state index in [1.165, 1.54) is 0 Å². The number of carbonyl (C=O) groups excluding carboxylic acids is 1. The highest BCUT2D eigenvalue weighted by Gasteiger charge is 2.39. The largest absolute Gasteiger partial charge is 0.480 e. The Labute approximate surface area is 126 Å². The van der Waals surface area contributed by atoms with Crippen LogP contribution in [0.25, 0.3) is 0 Å². The summed E-state index contributed by atoms with van der Waals surface area (Å²) in [5.41, 5.74) is -1.37. The summed E-state index contributed by atoms with van der Waals surface area (Å²) in [6, 6.07) is -0.434. The Kier molecular flexibility index (Phi) is 6.45. The van der Waals surface area contributed by atoms with E-state index in [1.807, 2.05) is 20.8 Å². The van der Waals surface area contributed by atoms with Gasteiger partial charge in [0, 0.05) is 6.54 Å². The van der Waals surface area contributed by atoms with Crippen molar-refractivity contribution in [2.24, 2.45) is 0 Å². The van der Waals surface area contributed by atoms with Crippen LogP contribution in [0, 0.1) is 0 Å². The molecule has 1 aliphatic carbocycles. The normalized spacial score (nSPS) is 18.6. The third-order valence-corrected chi connectivity index (χ3v) is 3.64. The van der Waals surface area contributed by atoms with Crippen LogP contribution in [0.3, 0.4) is 0 Å². The van der Waals surface area contributed by atoms with Gasteiger partial charge in [-0.3, -0.25) is 0 Å². The van der Waals surface area contributed by atoms with E-state index >= 15 is 0 Å². The zero-order chi connectivity index (χ0) is 15.9. The summed E-state index contributed by atoms with van der Waals surface area (Å²) < 4.78 is 5.50. The average Bonchev–Trinajstić information content (AvgIpc) is 2.60. The molecule has 0 atom stereocenters. The van der Waals surface area contributed by atoms with Gasteiger partial charge in [-0.15, -0.1) is 0 Å². The highest BCUT2D eigenvalue weighted by Crippen LogP contribution is 2.27. The average molecular weight is 300 g/mol. The van der Waals surface area contributed by atoms with E-state index in [0.29, 0.717) is 26.0 Å². The quantitative estimate of drug-likeness (QED) is 0.537. The third-order valence-electron chi connectivity index (χ3n) is 3.64. The van der Waals surface area contributed by atoms with Gasteiger partial charge in [0.2, 0.25) is 0 Å². The molecule has 0 aromatic rings. The predicted molar refractivity (Wildman–Crippen MR) is 80.3 cm³/mol. The van der Waals surface area contributed by atoms with E-state index in [9.17, 15) is 14.7 Å². The number of carboxylic acids is 1. The summed E-state index contributed by atoms with van der Waals surface area (Å²) in [4.78, 5) is 23.5. The second-order valence-electron chi connectivity index (χ2n) is 6.64. The fourth-order valence-electron chi connectivity index (χ4n) is 2.51. The van der Waals surface area contributed by atoms with Crippen LogP contribution in [-0.2, 0) is 9.53 Å². The van der Waals surface area contributed by atoms with Gasteiger partial charge in [0.15, 0.2) is 0 Å². The maximum Gasteiger partial charge on any atom is 0.329 e. The molecule has 1 fully saturated rings. The van der Waals surface area contributed by atoms with Crippen molar-refractivity contribution in [3.63, 3.8) is 0 Å². The summed E-state index contributed by atoms with van der Waals surface area (Å²) >= 11 is 0. The SMILES string of the molecule is CC(C)(C)OCCNC(=O)NC1(C(=O)O)CCCCCC1. The summed E-state index contributed by atoms with van der Waals surface area (Å²) in [6.07, 6.45) is 4.71. The predicted octanol–water partition coefficient (Wildman–Crippen LogP) is 2.28. The molecule has 6 nitrogen and oxygen atoms in total. The molecule has 0 bridgehead atoms. The number of amides is 2. The number of urea groups is 1. The van der Waals surface area contributed by atoms with Crippen LogP contribution in [-0.4, -0.2) is 41.4 Å². The minimum atomic E-state index is -1.12. The van der Waals surface area contributed by atoms with Crippen LogP contribution in [0.2, 0.25) is 0 Å². The second-order valence-corrected chi connectivity index (χ2v) is 6.64. The molecule has 0 aromatic carbocycles. The lowest BCUT2D eigenvalue weighted by Gasteiger charge is -2.29. The second kappa shape index (κ2) is 7.64. The molecule has 0 radical (unpaired) electrons. The molecule has 122 valence electrons. The number of rotatable bonds is 5. The summed E-state index contributed by atoms with van der Waals surface area (Å²) in [7, 11) is 0. The van der Waals surface area contributed by atoms with Gasteiger partial charge in [0.25, 0.3) is 0 Å². The number of ether oxygens (including phenoxy) is 1. The first-order valence-corrected chi connectivity index (χ1v) is 7.69. The van der Waals surface area contributed by atoms with E-state index in [2.05, 4.69) is 10.6 Å². The fraction of sp³-hybridized carbons (Fsp3) is 0.867. The van der Waals surface area contributed by atoms with Gasteiger partial charge in [-0.1, -0.05) is 25.7 Å². The molecule has 0 spiro atoms. The van der Waals surface area contributed by atoms with Crippen LogP contribution in [0.1, 0.15) is 59.3 Å². The molecule has 0 aliphatic heterocycles. The first-order chi connectivity index (χ1) is 9.75. The molecule has 1 saturated carbocycles. The van der Waals surface area contributed by atoms with Gasteiger partial charge in [-0.05, 0) is 33.6 Å². The summed E-state index contributed by atoms with van der Waals surface area (Å²) in [6.45, 7) is 6.59. The molecule has 6 heteroatoms. The molecular formula is C15H28N2O4. The first kappa shape index (κ1) is 17.8. The van der Waals surface area contributed by atoms with Crippen molar-refractivity contribution in [1.82, 2.24) is 10.6 Å². The lowest BCUT2D eigenvalue weighted by atomic mass is 9.90. The van der Waals surface area contributed by atoms with Crippen molar-refractivity contribution in [2.75, 3.05) is 13.2 Å². The minimum absolute atomic E-state index is 0.248. The highest BCUT2D eigenvalue weighted by molar-refractivity contribution is 5.86. The lowest BCUT2D eigenvalue weighted by Crippen LogP contribution is -2.57. The number of carboxylic acid groups (broad SMARTS) is 1.